The van der Waals surface area contributed by atoms with Crippen LogP contribution >= 0.6 is 0 Å². The maximum atomic E-state index is 13.4. The molecule has 0 bridgehead atoms. The van der Waals surface area contributed by atoms with Crippen LogP contribution in [0.4, 0.5) is 0 Å². The van der Waals surface area contributed by atoms with E-state index >= 15 is 0 Å². The van der Waals surface area contributed by atoms with E-state index in [0.717, 1.165) is 41.7 Å². The smallest absolute Gasteiger partial charge is 0.256 e. The fourth-order valence-corrected chi connectivity index (χ4v) is 4.61. The number of fused-ring (bicyclic) bond motifs is 1. The lowest BCUT2D eigenvalue weighted by Gasteiger charge is -2.44. The molecule has 0 aromatic heterocycles. The van der Waals surface area contributed by atoms with Gasteiger partial charge >= 0.3 is 0 Å². The number of piperidine rings is 1. The quantitative estimate of drug-likeness (QED) is 0.714. The van der Waals surface area contributed by atoms with Crippen molar-refractivity contribution < 1.29 is 14.3 Å². The summed E-state index contributed by atoms with van der Waals surface area (Å²) in [7, 11) is 1.64. The highest BCUT2D eigenvalue weighted by atomic mass is 16.5. The van der Waals surface area contributed by atoms with Crippen molar-refractivity contribution in [2.45, 2.75) is 44.4 Å². The molecule has 29 heavy (non-hydrogen) atoms. The molecule has 2 amide bonds. The summed E-state index contributed by atoms with van der Waals surface area (Å²) >= 11 is 0. The molecule has 1 aliphatic carbocycles. The molecule has 0 N–H and O–H groups in total. The van der Waals surface area contributed by atoms with Crippen molar-refractivity contribution in [2.24, 2.45) is 0 Å². The fourth-order valence-electron chi connectivity index (χ4n) is 4.61. The summed E-state index contributed by atoms with van der Waals surface area (Å²) in [6.07, 6.45) is 5.74. The molecule has 2 aromatic rings. The van der Waals surface area contributed by atoms with Crippen LogP contribution in [0.15, 0.2) is 60.2 Å². The summed E-state index contributed by atoms with van der Waals surface area (Å²) in [5.41, 5.74) is 3.59. The Hall–Kier alpha value is -2.88. The van der Waals surface area contributed by atoms with E-state index in [-0.39, 0.29) is 11.8 Å². The van der Waals surface area contributed by atoms with Crippen LogP contribution in [0, 0.1) is 6.92 Å². The van der Waals surface area contributed by atoms with E-state index < -0.39 is 5.41 Å². The normalized spacial score (nSPS) is 21.6. The van der Waals surface area contributed by atoms with Crippen LogP contribution in [0.5, 0.6) is 5.75 Å². The van der Waals surface area contributed by atoms with Crippen molar-refractivity contribution in [3.63, 3.8) is 0 Å². The lowest BCUT2D eigenvalue weighted by atomic mass is 9.63. The van der Waals surface area contributed by atoms with Crippen molar-refractivity contribution in [3.8, 4) is 5.75 Å². The number of aryl methyl sites for hydroxylation is 1. The van der Waals surface area contributed by atoms with Crippen molar-refractivity contribution in [1.29, 1.82) is 0 Å². The first-order valence-electron chi connectivity index (χ1n) is 10.3. The second kappa shape index (κ2) is 7.86. The summed E-state index contributed by atoms with van der Waals surface area (Å²) in [5.74, 6) is 0.545. The number of carbonyl (C=O) groups is 2. The second-order valence-corrected chi connectivity index (χ2v) is 8.09. The zero-order valence-corrected chi connectivity index (χ0v) is 17.1. The van der Waals surface area contributed by atoms with E-state index in [9.17, 15) is 9.59 Å². The number of nitrogens with zero attached hydrogens (tertiary/aromatic N) is 1. The lowest BCUT2D eigenvalue weighted by Crippen LogP contribution is -2.53. The molecule has 0 spiro atoms. The molecule has 1 aliphatic heterocycles. The monoisotopic (exact) mass is 389 g/mol. The van der Waals surface area contributed by atoms with Crippen LogP contribution in [0.3, 0.4) is 0 Å². The second-order valence-electron chi connectivity index (χ2n) is 8.09. The Morgan fingerprint density at radius 2 is 1.90 bits per heavy atom. The van der Waals surface area contributed by atoms with Gasteiger partial charge in [0, 0.05) is 24.0 Å². The zero-order valence-electron chi connectivity index (χ0n) is 17.1. The number of carbonyl (C=O) groups excluding carboxylic acids is 2. The Morgan fingerprint density at radius 1 is 1.10 bits per heavy atom. The van der Waals surface area contributed by atoms with Gasteiger partial charge in [-0.1, -0.05) is 48.0 Å². The first kappa shape index (κ1) is 19.4. The first-order valence-corrected chi connectivity index (χ1v) is 10.3. The van der Waals surface area contributed by atoms with Gasteiger partial charge in [-0.15, -0.1) is 0 Å². The number of rotatable bonds is 5. The van der Waals surface area contributed by atoms with E-state index in [2.05, 4.69) is 37.3 Å². The van der Waals surface area contributed by atoms with Gasteiger partial charge in [0.15, 0.2) is 0 Å². The minimum Gasteiger partial charge on any atom is -0.497 e. The van der Waals surface area contributed by atoms with Gasteiger partial charge < -0.3 is 4.74 Å². The van der Waals surface area contributed by atoms with Crippen LogP contribution in [-0.2, 0) is 21.4 Å². The van der Waals surface area contributed by atoms with E-state index in [1.54, 1.807) is 7.11 Å². The molecular weight excluding hydrogens is 362 g/mol. The Morgan fingerprint density at radius 3 is 2.66 bits per heavy atom. The first-order chi connectivity index (χ1) is 14.0. The predicted octanol–water partition coefficient (Wildman–Crippen LogP) is 4.35. The minimum atomic E-state index is -0.526. The van der Waals surface area contributed by atoms with Crippen LogP contribution < -0.4 is 4.74 Å². The average Bonchev–Trinajstić information content (AvgIpc) is 2.75. The van der Waals surface area contributed by atoms with Gasteiger partial charge in [0.25, 0.3) is 5.91 Å². The molecule has 1 saturated heterocycles. The molecule has 4 rings (SSSR count). The number of benzene rings is 2. The third-order valence-electron chi connectivity index (χ3n) is 6.27. The molecule has 2 aliphatic rings. The number of likely N-dealkylation sites (tertiary alicyclic amines) is 1. The molecule has 4 heteroatoms. The average molecular weight is 389 g/mol. The van der Waals surface area contributed by atoms with Crippen LogP contribution in [0.25, 0.3) is 0 Å². The topological polar surface area (TPSA) is 46.6 Å². The van der Waals surface area contributed by atoms with Crippen molar-refractivity contribution >= 4 is 11.8 Å². The molecule has 0 saturated carbocycles. The standard InChI is InChI=1S/C25H27NO3/c1-18-9-11-19(12-10-18)13-15-26-23(27)17-25(14-4-3-8-22(25)24(26)28)20-6-5-7-21(16-20)29-2/h5-12,16H,3-4,13-15,17H2,1-2H3. The summed E-state index contributed by atoms with van der Waals surface area (Å²) in [5, 5.41) is 0. The van der Waals surface area contributed by atoms with Gasteiger partial charge in [0.2, 0.25) is 5.91 Å². The third-order valence-corrected chi connectivity index (χ3v) is 6.27. The maximum Gasteiger partial charge on any atom is 0.256 e. The number of ether oxygens (including phenoxy) is 1. The largest absolute Gasteiger partial charge is 0.497 e. The van der Waals surface area contributed by atoms with Crippen molar-refractivity contribution in [2.75, 3.05) is 13.7 Å². The number of hydrogen-bond donors (Lipinski definition) is 0. The highest BCUT2D eigenvalue weighted by Gasteiger charge is 2.49. The van der Waals surface area contributed by atoms with Crippen LogP contribution in [0.2, 0.25) is 0 Å². The Balaban J connectivity index is 1.62. The molecule has 4 nitrogen and oxygen atoms in total. The van der Waals surface area contributed by atoms with E-state index in [1.165, 1.54) is 10.5 Å². The van der Waals surface area contributed by atoms with Gasteiger partial charge in [0.05, 0.1) is 7.11 Å². The Labute approximate surface area is 172 Å². The summed E-state index contributed by atoms with van der Waals surface area (Å²) in [6.45, 7) is 2.47. The van der Waals surface area contributed by atoms with E-state index in [0.29, 0.717) is 19.4 Å². The number of imide groups is 1. The highest BCUT2D eigenvalue weighted by Crippen LogP contribution is 2.47. The minimum absolute atomic E-state index is 0.0796. The fraction of sp³-hybridized carbons (Fsp3) is 0.360. The predicted molar refractivity (Wildman–Crippen MR) is 113 cm³/mol. The number of allylic oxidation sites excluding steroid dienone is 1. The summed E-state index contributed by atoms with van der Waals surface area (Å²) < 4.78 is 5.39. The van der Waals surface area contributed by atoms with E-state index in [4.69, 9.17) is 4.74 Å². The van der Waals surface area contributed by atoms with Gasteiger partial charge in [-0.25, -0.2) is 0 Å². The molecule has 1 heterocycles. The molecule has 1 atom stereocenters. The summed E-state index contributed by atoms with van der Waals surface area (Å²) in [6, 6.07) is 16.1. The van der Waals surface area contributed by atoms with Gasteiger partial charge in [-0.05, 0) is 55.9 Å². The van der Waals surface area contributed by atoms with Gasteiger partial charge in [0.1, 0.15) is 5.75 Å². The van der Waals surface area contributed by atoms with E-state index in [1.807, 2.05) is 24.3 Å². The highest BCUT2D eigenvalue weighted by molar-refractivity contribution is 6.10. The molecular formula is C25H27NO3. The Kier molecular flexibility index (Phi) is 5.27. The number of amides is 2. The van der Waals surface area contributed by atoms with Crippen LogP contribution in [0.1, 0.15) is 42.4 Å². The zero-order chi connectivity index (χ0) is 20.4. The van der Waals surface area contributed by atoms with Crippen LogP contribution in [-0.4, -0.2) is 30.4 Å². The Bertz CT molecular complexity index is 960. The van der Waals surface area contributed by atoms with Gasteiger partial charge in [-0.3, -0.25) is 14.5 Å². The molecule has 0 radical (unpaired) electrons. The van der Waals surface area contributed by atoms with Crippen molar-refractivity contribution in [3.05, 3.63) is 76.9 Å². The molecule has 1 unspecified atom stereocenters. The number of hydrogen-bond acceptors (Lipinski definition) is 3. The summed E-state index contributed by atoms with van der Waals surface area (Å²) in [4.78, 5) is 28.0. The molecule has 2 aromatic carbocycles. The van der Waals surface area contributed by atoms with Crippen molar-refractivity contribution in [1.82, 2.24) is 4.90 Å². The maximum absolute atomic E-state index is 13.4. The number of methoxy groups -OCH3 is 1. The lowest BCUT2D eigenvalue weighted by molar-refractivity contribution is -0.147. The third kappa shape index (κ3) is 3.59. The molecule has 150 valence electrons. The van der Waals surface area contributed by atoms with Gasteiger partial charge in [-0.2, -0.15) is 0 Å². The SMILES string of the molecule is COc1cccc(C23CCCC=C2C(=O)N(CCc2ccc(C)cc2)C(=O)C3)c1. The molecule has 1 fully saturated rings.